The molecule has 0 radical (unpaired) electrons. The van der Waals surface area contributed by atoms with Crippen molar-refractivity contribution in [3.05, 3.63) is 41.6 Å². The largest absolute Gasteiger partial charge is 0.286 e. The number of hydrogen-bond donors (Lipinski definition) is 0. The van der Waals surface area contributed by atoms with Crippen LogP contribution in [0.4, 0.5) is 5.69 Å². The van der Waals surface area contributed by atoms with Gasteiger partial charge in [0.1, 0.15) is 11.8 Å². The SMILES string of the molecule is C=C(C#N)C(=O)c1cc2cc(C)c(N3CCCS3(=O)=O)cc2n1SI. The number of carbonyl (C=O) groups excluding carboxylic acids is 1. The number of halogens is 1. The third kappa shape index (κ3) is 3.07. The normalized spacial score (nSPS) is 16.1. The number of aryl methyl sites for hydroxylation is 1. The van der Waals surface area contributed by atoms with Crippen molar-refractivity contribution in [1.82, 2.24) is 3.97 Å². The van der Waals surface area contributed by atoms with Crippen LogP contribution < -0.4 is 4.31 Å². The van der Waals surface area contributed by atoms with Crippen LogP contribution in [-0.4, -0.2) is 30.5 Å². The van der Waals surface area contributed by atoms with Crippen LogP contribution in [0.15, 0.2) is 30.4 Å². The third-order valence-electron chi connectivity index (χ3n) is 4.15. The highest BCUT2D eigenvalue weighted by atomic mass is 127. The number of carbonyl (C=O) groups is 1. The summed E-state index contributed by atoms with van der Waals surface area (Å²) in [5.41, 5.74) is 2.41. The molecule has 0 spiro atoms. The summed E-state index contributed by atoms with van der Waals surface area (Å²) in [4.78, 5) is 12.4. The highest BCUT2D eigenvalue weighted by Gasteiger charge is 2.30. The van der Waals surface area contributed by atoms with Gasteiger partial charge in [-0.2, -0.15) is 5.26 Å². The Hall–Kier alpha value is -1.51. The lowest BCUT2D eigenvalue weighted by Crippen LogP contribution is -2.25. The van der Waals surface area contributed by atoms with Crippen molar-refractivity contribution in [2.45, 2.75) is 13.3 Å². The van der Waals surface area contributed by atoms with E-state index in [2.05, 4.69) is 27.8 Å². The molecule has 3 rings (SSSR count). The van der Waals surface area contributed by atoms with Gasteiger partial charge in [-0.3, -0.25) is 13.1 Å². The Morgan fingerprint density at radius 1 is 1.40 bits per heavy atom. The van der Waals surface area contributed by atoms with E-state index in [1.165, 1.54) is 13.4 Å². The maximum Gasteiger partial charge on any atom is 0.235 e. The second kappa shape index (κ2) is 6.66. The van der Waals surface area contributed by atoms with Gasteiger partial charge in [0.25, 0.3) is 0 Å². The van der Waals surface area contributed by atoms with Crippen molar-refractivity contribution in [2.75, 3.05) is 16.6 Å². The molecule has 0 amide bonds. The van der Waals surface area contributed by atoms with Crippen molar-refractivity contribution in [3.8, 4) is 6.07 Å². The van der Waals surface area contributed by atoms with E-state index in [0.29, 0.717) is 24.3 Å². The fourth-order valence-corrected chi connectivity index (χ4v) is 6.28. The predicted octanol–water partition coefficient (Wildman–Crippen LogP) is 3.60. The highest BCUT2D eigenvalue weighted by molar-refractivity contribution is 14.2. The molecule has 1 fully saturated rings. The van der Waals surface area contributed by atoms with Gasteiger partial charge >= 0.3 is 0 Å². The molecule has 9 heteroatoms. The van der Waals surface area contributed by atoms with Crippen LogP contribution in [0.3, 0.4) is 0 Å². The highest BCUT2D eigenvalue weighted by Crippen LogP contribution is 2.36. The Morgan fingerprint density at radius 3 is 2.68 bits per heavy atom. The molecule has 6 nitrogen and oxygen atoms in total. The summed E-state index contributed by atoms with van der Waals surface area (Å²) in [5.74, 6) is -0.283. The molecular weight excluding hydrogens is 473 g/mol. The second-order valence-electron chi connectivity index (χ2n) is 5.75. The molecule has 0 N–H and O–H groups in total. The Morgan fingerprint density at radius 2 is 2.12 bits per heavy atom. The van der Waals surface area contributed by atoms with E-state index in [4.69, 9.17) is 5.26 Å². The van der Waals surface area contributed by atoms with Gasteiger partial charge in [-0.1, -0.05) is 6.58 Å². The zero-order valence-corrected chi connectivity index (χ0v) is 17.1. The summed E-state index contributed by atoms with van der Waals surface area (Å²) < 4.78 is 27.7. The first-order chi connectivity index (χ1) is 11.8. The molecule has 1 aliphatic rings. The number of nitrogens with zero attached hydrogens (tertiary/aromatic N) is 3. The van der Waals surface area contributed by atoms with Gasteiger partial charge < -0.3 is 0 Å². The van der Waals surface area contributed by atoms with Crippen LogP contribution in [0.2, 0.25) is 0 Å². The summed E-state index contributed by atoms with van der Waals surface area (Å²) in [7, 11) is -1.99. The van der Waals surface area contributed by atoms with Crippen LogP contribution in [-0.2, 0) is 10.0 Å². The summed E-state index contributed by atoms with van der Waals surface area (Å²) in [6, 6.07) is 7.16. The average Bonchev–Trinajstić information content (AvgIpc) is 3.11. The van der Waals surface area contributed by atoms with Gasteiger partial charge in [0.05, 0.1) is 22.5 Å². The van der Waals surface area contributed by atoms with Crippen molar-refractivity contribution in [2.24, 2.45) is 0 Å². The molecule has 2 aromatic rings. The van der Waals surface area contributed by atoms with Crippen molar-refractivity contribution in [3.63, 3.8) is 0 Å². The van der Waals surface area contributed by atoms with E-state index < -0.39 is 15.8 Å². The molecule has 0 saturated carbocycles. The minimum Gasteiger partial charge on any atom is -0.286 e. The Labute approximate surface area is 162 Å². The summed E-state index contributed by atoms with van der Waals surface area (Å²) in [6.07, 6.45) is 0.605. The number of Topliss-reactive ketones (excluding diaryl/α,β-unsaturated/α-hetero) is 1. The summed E-state index contributed by atoms with van der Waals surface area (Å²) >= 11 is 2.05. The fourth-order valence-electron chi connectivity index (χ4n) is 2.95. The number of nitriles is 1. The van der Waals surface area contributed by atoms with Gasteiger partial charge in [0, 0.05) is 42.3 Å². The van der Waals surface area contributed by atoms with E-state index >= 15 is 0 Å². The number of anilines is 1. The molecule has 0 atom stereocenters. The van der Waals surface area contributed by atoms with E-state index in [9.17, 15) is 13.2 Å². The molecule has 0 aliphatic carbocycles. The number of sulfonamides is 1. The van der Waals surface area contributed by atoms with Crippen LogP contribution in [0.1, 0.15) is 22.5 Å². The van der Waals surface area contributed by atoms with E-state index in [1.807, 2.05) is 13.0 Å². The third-order valence-corrected chi connectivity index (χ3v) is 7.72. The summed E-state index contributed by atoms with van der Waals surface area (Å²) in [6.45, 7) is 5.81. The van der Waals surface area contributed by atoms with E-state index in [0.717, 1.165) is 16.5 Å². The Balaban J connectivity index is 2.22. The molecule has 1 aliphatic heterocycles. The molecule has 130 valence electrons. The lowest BCUT2D eigenvalue weighted by Gasteiger charge is -2.19. The Kier molecular flexibility index (Phi) is 4.87. The molecule has 0 unspecified atom stereocenters. The number of benzene rings is 1. The molecule has 2 heterocycles. The zero-order valence-electron chi connectivity index (χ0n) is 13.3. The maximum atomic E-state index is 12.4. The second-order valence-corrected chi connectivity index (χ2v) is 9.45. The smallest absolute Gasteiger partial charge is 0.235 e. The number of hydrogen-bond acceptors (Lipinski definition) is 5. The molecule has 1 aromatic heterocycles. The monoisotopic (exact) mass is 487 g/mol. The minimum absolute atomic E-state index is 0.131. The van der Waals surface area contributed by atoms with Gasteiger partial charge in [-0.15, -0.1) is 0 Å². The van der Waals surface area contributed by atoms with E-state index in [-0.39, 0.29) is 11.3 Å². The molecular formula is C16H14IN3O3S2. The van der Waals surface area contributed by atoms with E-state index in [1.54, 1.807) is 22.2 Å². The first-order valence-corrected chi connectivity index (χ1v) is 12.3. The Bertz CT molecular complexity index is 1050. The van der Waals surface area contributed by atoms with Gasteiger partial charge in [-0.05, 0) is 37.1 Å². The average molecular weight is 487 g/mol. The number of aromatic nitrogens is 1. The molecule has 1 saturated heterocycles. The number of rotatable bonds is 4. The molecule has 0 bridgehead atoms. The van der Waals surface area contributed by atoms with Gasteiger partial charge in [-0.25, -0.2) is 8.42 Å². The maximum absolute atomic E-state index is 12.4. The minimum atomic E-state index is -3.29. The topological polar surface area (TPSA) is 83.2 Å². The number of ketones is 1. The lowest BCUT2D eigenvalue weighted by molar-refractivity contribution is 0.103. The zero-order chi connectivity index (χ0) is 18.4. The van der Waals surface area contributed by atoms with Crippen LogP contribution in [0.5, 0.6) is 0 Å². The van der Waals surface area contributed by atoms with Gasteiger partial charge in [0.15, 0.2) is 0 Å². The summed E-state index contributed by atoms with van der Waals surface area (Å²) in [5, 5.41) is 9.75. The van der Waals surface area contributed by atoms with Crippen LogP contribution in [0, 0.1) is 18.3 Å². The van der Waals surface area contributed by atoms with Crippen molar-refractivity contribution in [1.29, 1.82) is 5.26 Å². The number of allylic oxidation sites excluding steroid dienone is 1. The fraction of sp³-hybridized carbons (Fsp3) is 0.250. The van der Waals surface area contributed by atoms with Crippen LogP contribution in [0.25, 0.3) is 10.9 Å². The molecule has 1 aromatic carbocycles. The predicted molar refractivity (Wildman–Crippen MR) is 109 cm³/mol. The van der Waals surface area contributed by atoms with Gasteiger partial charge in [0.2, 0.25) is 15.8 Å². The van der Waals surface area contributed by atoms with Crippen LogP contribution >= 0.6 is 30.3 Å². The molecule has 25 heavy (non-hydrogen) atoms. The van der Waals surface area contributed by atoms with Crippen molar-refractivity contribution < 1.29 is 13.2 Å². The quantitative estimate of drug-likeness (QED) is 0.285. The first kappa shape index (κ1) is 18.3. The standard InChI is InChI=1S/C16H14IN3O3S2/c1-10-6-12-7-15(16(21)11(2)9-18)20(24-17)14(12)8-13(10)19-4-3-5-25(19,22)23/h6-8H,2-5H2,1H3. The first-order valence-electron chi connectivity index (χ1n) is 7.39. The number of fused-ring (bicyclic) bond motifs is 1. The van der Waals surface area contributed by atoms with Crippen molar-refractivity contribution >= 4 is 62.7 Å². The lowest BCUT2D eigenvalue weighted by atomic mass is 10.1.